The normalized spacial score (nSPS) is 15.6. The number of hydrogen-bond acceptors (Lipinski definition) is 3. The Balaban J connectivity index is 2.35. The van der Waals surface area contributed by atoms with E-state index in [0.29, 0.717) is 16.6 Å². The van der Waals surface area contributed by atoms with Crippen molar-refractivity contribution in [2.45, 2.75) is 19.3 Å². The zero-order valence-corrected chi connectivity index (χ0v) is 10.4. The lowest BCUT2D eigenvalue weighted by Crippen LogP contribution is -2.19. The fourth-order valence-electron chi connectivity index (χ4n) is 2.64. The summed E-state index contributed by atoms with van der Waals surface area (Å²) < 4.78 is 13.9. The summed E-state index contributed by atoms with van der Waals surface area (Å²) in [6.45, 7) is 0.972. The topological polar surface area (TPSA) is 42.2 Å². The highest BCUT2D eigenvalue weighted by Gasteiger charge is 2.19. The van der Waals surface area contributed by atoms with Crippen molar-refractivity contribution in [3.63, 3.8) is 0 Å². The first-order chi connectivity index (χ1) is 8.68. The van der Waals surface area contributed by atoms with Crippen molar-refractivity contribution < 1.29 is 4.39 Å². The van der Waals surface area contributed by atoms with Gasteiger partial charge in [0, 0.05) is 19.2 Å². The van der Waals surface area contributed by atoms with Gasteiger partial charge in [0.05, 0.1) is 16.6 Å². The van der Waals surface area contributed by atoms with Gasteiger partial charge in [0.15, 0.2) is 0 Å². The van der Waals surface area contributed by atoms with Gasteiger partial charge in [-0.2, -0.15) is 0 Å². The van der Waals surface area contributed by atoms with E-state index in [-0.39, 0.29) is 5.82 Å². The van der Waals surface area contributed by atoms with Gasteiger partial charge in [0.25, 0.3) is 0 Å². The monoisotopic (exact) mass is 245 g/mol. The minimum absolute atomic E-state index is 0.285. The number of benzene rings is 1. The molecule has 1 aliphatic rings. The Morgan fingerprint density at radius 3 is 3.00 bits per heavy atom. The highest BCUT2D eigenvalue weighted by molar-refractivity contribution is 5.95. The van der Waals surface area contributed by atoms with Crippen molar-refractivity contribution in [1.82, 2.24) is 4.98 Å². The maximum atomic E-state index is 13.9. The minimum Gasteiger partial charge on any atom is -0.398 e. The van der Waals surface area contributed by atoms with E-state index in [4.69, 9.17) is 5.73 Å². The van der Waals surface area contributed by atoms with Crippen molar-refractivity contribution >= 4 is 22.4 Å². The molecular weight excluding hydrogens is 229 g/mol. The van der Waals surface area contributed by atoms with E-state index in [1.54, 1.807) is 6.07 Å². The van der Waals surface area contributed by atoms with Crippen LogP contribution in [0.5, 0.6) is 0 Å². The maximum absolute atomic E-state index is 13.9. The van der Waals surface area contributed by atoms with Crippen LogP contribution in [0, 0.1) is 5.82 Å². The van der Waals surface area contributed by atoms with Crippen LogP contribution in [0.15, 0.2) is 18.2 Å². The molecule has 0 amide bonds. The number of anilines is 2. The van der Waals surface area contributed by atoms with Gasteiger partial charge in [0.2, 0.25) is 0 Å². The molecule has 2 aromatic rings. The van der Waals surface area contributed by atoms with Crippen LogP contribution >= 0.6 is 0 Å². The molecule has 0 saturated carbocycles. The number of nitrogens with zero attached hydrogens (tertiary/aromatic N) is 2. The molecule has 0 spiro atoms. The summed E-state index contributed by atoms with van der Waals surface area (Å²) in [4.78, 5) is 6.70. The lowest BCUT2D eigenvalue weighted by atomic mass is 10.0. The van der Waals surface area contributed by atoms with E-state index in [1.165, 1.54) is 6.07 Å². The van der Waals surface area contributed by atoms with Gasteiger partial charge in [-0.05, 0) is 31.4 Å². The summed E-state index contributed by atoms with van der Waals surface area (Å²) >= 11 is 0. The summed E-state index contributed by atoms with van der Waals surface area (Å²) in [6.07, 6.45) is 3.07. The third-order valence-corrected chi connectivity index (χ3v) is 3.61. The number of nitrogens with two attached hydrogens (primary N) is 1. The minimum atomic E-state index is -0.285. The highest BCUT2D eigenvalue weighted by Crippen LogP contribution is 2.34. The van der Waals surface area contributed by atoms with Crippen LogP contribution in [0.25, 0.3) is 10.9 Å². The number of aromatic nitrogens is 1. The second-order valence-electron chi connectivity index (χ2n) is 4.84. The SMILES string of the molecule is CN1CCCCc2c1nc1cccc(F)c1c2N. The summed E-state index contributed by atoms with van der Waals surface area (Å²) in [6, 6.07) is 4.92. The predicted octanol–water partition coefficient (Wildman–Crippen LogP) is 2.73. The number of halogens is 1. The molecule has 1 aliphatic heterocycles. The number of fused-ring (bicyclic) bond motifs is 2. The molecular formula is C14H16FN3. The first kappa shape index (κ1) is 11.3. The summed E-state index contributed by atoms with van der Waals surface area (Å²) in [5, 5.41) is 0.464. The standard InChI is InChI=1S/C14H16FN3/c1-18-8-3-2-5-9-13(16)12-10(15)6-4-7-11(12)17-14(9)18/h4,6-7H,2-3,5,8H2,1H3,(H2,16,17). The molecule has 0 bridgehead atoms. The van der Waals surface area contributed by atoms with Gasteiger partial charge in [-0.15, -0.1) is 0 Å². The molecule has 3 nitrogen and oxygen atoms in total. The lowest BCUT2D eigenvalue weighted by Gasteiger charge is -2.20. The van der Waals surface area contributed by atoms with Gasteiger partial charge in [-0.25, -0.2) is 9.37 Å². The molecule has 0 unspecified atom stereocenters. The zero-order chi connectivity index (χ0) is 12.7. The molecule has 2 heterocycles. The molecule has 4 heteroatoms. The molecule has 1 aromatic heterocycles. The molecule has 0 saturated heterocycles. The van der Waals surface area contributed by atoms with Crippen molar-refractivity contribution in [3.05, 3.63) is 29.6 Å². The van der Waals surface area contributed by atoms with Gasteiger partial charge in [-0.3, -0.25) is 0 Å². The molecule has 18 heavy (non-hydrogen) atoms. The first-order valence-electron chi connectivity index (χ1n) is 6.26. The fourth-order valence-corrected chi connectivity index (χ4v) is 2.64. The van der Waals surface area contributed by atoms with E-state index < -0.39 is 0 Å². The van der Waals surface area contributed by atoms with Crippen molar-refractivity contribution in [3.8, 4) is 0 Å². The summed E-state index contributed by atoms with van der Waals surface area (Å²) in [5.41, 5.74) is 8.35. The first-order valence-corrected chi connectivity index (χ1v) is 6.26. The van der Waals surface area contributed by atoms with E-state index >= 15 is 0 Å². The van der Waals surface area contributed by atoms with E-state index in [1.807, 2.05) is 13.1 Å². The summed E-state index contributed by atoms with van der Waals surface area (Å²) in [7, 11) is 2.02. The fraction of sp³-hybridized carbons (Fsp3) is 0.357. The van der Waals surface area contributed by atoms with Gasteiger partial charge >= 0.3 is 0 Å². The zero-order valence-electron chi connectivity index (χ0n) is 10.4. The summed E-state index contributed by atoms with van der Waals surface area (Å²) in [5.74, 6) is 0.621. The molecule has 0 radical (unpaired) electrons. The highest BCUT2D eigenvalue weighted by atomic mass is 19.1. The number of rotatable bonds is 0. The van der Waals surface area contributed by atoms with E-state index in [0.717, 1.165) is 37.2 Å². The van der Waals surface area contributed by atoms with Crippen LogP contribution in [0.4, 0.5) is 15.9 Å². The second kappa shape index (κ2) is 4.12. The Hall–Kier alpha value is -1.84. The average Bonchev–Trinajstić information content (AvgIpc) is 2.53. The van der Waals surface area contributed by atoms with Crippen LogP contribution < -0.4 is 10.6 Å². The Labute approximate surface area is 105 Å². The Bertz CT molecular complexity index is 610. The smallest absolute Gasteiger partial charge is 0.134 e. The second-order valence-corrected chi connectivity index (χ2v) is 4.84. The average molecular weight is 245 g/mol. The molecule has 1 aromatic carbocycles. The van der Waals surface area contributed by atoms with Crippen molar-refractivity contribution in [1.29, 1.82) is 0 Å². The largest absolute Gasteiger partial charge is 0.398 e. The van der Waals surface area contributed by atoms with Gasteiger partial charge in [-0.1, -0.05) is 6.07 Å². The number of hydrogen-bond donors (Lipinski definition) is 1. The Morgan fingerprint density at radius 1 is 1.33 bits per heavy atom. The molecule has 0 atom stereocenters. The van der Waals surface area contributed by atoms with E-state index in [9.17, 15) is 4.39 Å². The van der Waals surface area contributed by atoms with Crippen LogP contribution in [0.2, 0.25) is 0 Å². The third-order valence-electron chi connectivity index (χ3n) is 3.61. The van der Waals surface area contributed by atoms with Gasteiger partial charge in [0.1, 0.15) is 11.6 Å². The van der Waals surface area contributed by atoms with Crippen LogP contribution in [0.1, 0.15) is 18.4 Å². The van der Waals surface area contributed by atoms with Crippen molar-refractivity contribution in [2.75, 3.05) is 24.2 Å². The van der Waals surface area contributed by atoms with Gasteiger partial charge < -0.3 is 10.6 Å². The lowest BCUT2D eigenvalue weighted by molar-refractivity contribution is 0.640. The third kappa shape index (κ3) is 1.60. The number of pyridine rings is 1. The molecule has 3 rings (SSSR count). The van der Waals surface area contributed by atoms with Crippen LogP contribution in [-0.2, 0) is 6.42 Å². The predicted molar refractivity (Wildman–Crippen MR) is 72.3 cm³/mol. The van der Waals surface area contributed by atoms with Crippen LogP contribution in [0.3, 0.4) is 0 Å². The van der Waals surface area contributed by atoms with Crippen LogP contribution in [-0.4, -0.2) is 18.6 Å². The Kier molecular flexibility index (Phi) is 2.58. The molecule has 0 aliphatic carbocycles. The molecule has 2 N–H and O–H groups in total. The Morgan fingerprint density at radius 2 is 2.17 bits per heavy atom. The maximum Gasteiger partial charge on any atom is 0.134 e. The van der Waals surface area contributed by atoms with E-state index in [2.05, 4.69) is 9.88 Å². The van der Waals surface area contributed by atoms with Crippen molar-refractivity contribution in [2.24, 2.45) is 0 Å². The molecule has 0 fully saturated rings. The number of nitrogen functional groups attached to an aromatic ring is 1. The molecule has 94 valence electrons. The quantitative estimate of drug-likeness (QED) is 0.776.